The number of aromatic nitrogens is 3. The summed E-state index contributed by atoms with van der Waals surface area (Å²) in [7, 11) is 3.45. The number of carbonyl (C=O) groups excluding carboxylic acids is 2. The number of hydrogen-bond acceptors (Lipinski definition) is 6. The molecule has 0 bridgehead atoms. The van der Waals surface area contributed by atoms with Crippen molar-refractivity contribution < 1.29 is 14.3 Å². The summed E-state index contributed by atoms with van der Waals surface area (Å²) in [6.45, 7) is 2.05. The molecule has 2 aliphatic rings. The second kappa shape index (κ2) is 9.57. The smallest absolute Gasteiger partial charge is 0.248 e. The van der Waals surface area contributed by atoms with Crippen LogP contribution in [0.15, 0.2) is 36.8 Å². The zero-order valence-electron chi connectivity index (χ0n) is 18.1. The summed E-state index contributed by atoms with van der Waals surface area (Å²) in [5.74, 6) is 0.198. The molecule has 166 valence electrons. The number of ether oxygens (including phenoxy) is 1. The molecule has 0 spiro atoms. The molecule has 2 aromatic heterocycles. The number of anilines is 1. The molecular weight excluding hydrogens is 396 g/mol. The number of likely N-dealkylation sites (tertiary alicyclic amines) is 1. The lowest BCUT2D eigenvalue weighted by atomic mass is 10.2. The van der Waals surface area contributed by atoms with Crippen LogP contribution in [0.3, 0.4) is 0 Å². The van der Waals surface area contributed by atoms with Crippen molar-refractivity contribution in [1.29, 1.82) is 0 Å². The molecule has 0 radical (unpaired) electrons. The van der Waals surface area contributed by atoms with Crippen molar-refractivity contribution in [3.63, 3.8) is 0 Å². The molecule has 9 nitrogen and oxygen atoms in total. The maximum atomic E-state index is 12.0. The minimum Gasteiger partial charge on any atom is -0.370 e. The molecule has 1 aliphatic heterocycles. The van der Waals surface area contributed by atoms with Crippen molar-refractivity contribution in [1.82, 2.24) is 24.6 Å². The van der Waals surface area contributed by atoms with E-state index in [0.717, 1.165) is 37.2 Å². The Bertz CT molecular complexity index is 896. The lowest BCUT2D eigenvalue weighted by Gasteiger charge is -2.23. The van der Waals surface area contributed by atoms with Gasteiger partial charge in [0.2, 0.25) is 11.8 Å². The van der Waals surface area contributed by atoms with E-state index in [4.69, 9.17) is 4.74 Å². The fraction of sp³-hybridized carbons (Fsp3) is 0.545. The Balaban J connectivity index is 1.40. The number of nitrogens with one attached hydrogen (secondary N) is 1. The summed E-state index contributed by atoms with van der Waals surface area (Å²) in [5, 5.41) is 7.45. The molecular formula is C22H30N6O3. The predicted molar refractivity (Wildman–Crippen MR) is 115 cm³/mol. The van der Waals surface area contributed by atoms with Crippen molar-refractivity contribution in [2.75, 3.05) is 39.2 Å². The molecule has 4 rings (SSSR count). The largest absolute Gasteiger partial charge is 0.370 e. The van der Waals surface area contributed by atoms with Crippen LogP contribution in [0.4, 0.5) is 5.69 Å². The van der Waals surface area contributed by atoms with Gasteiger partial charge in [-0.1, -0.05) is 6.07 Å². The molecule has 2 aromatic rings. The van der Waals surface area contributed by atoms with E-state index in [9.17, 15) is 9.59 Å². The van der Waals surface area contributed by atoms with Crippen molar-refractivity contribution in [2.45, 2.75) is 37.9 Å². The first-order valence-electron chi connectivity index (χ1n) is 10.8. The quantitative estimate of drug-likeness (QED) is 0.654. The highest BCUT2D eigenvalue weighted by molar-refractivity contribution is 5.93. The number of carbonyl (C=O) groups is 2. The Morgan fingerprint density at radius 1 is 1.29 bits per heavy atom. The van der Waals surface area contributed by atoms with Gasteiger partial charge in [0.05, 0.1) is 30.2 Å². The standard InChI is InChI=1S/C22H30N6O3/c1-26(2)21(29)15-31-14-20-9-19(13-27(20)11-17-5-3-4-8-23-17)28-12-18(10-24-28)25-22(30)16-6-7-16/h3-5,8,10,12,16,19-20H,6-7,9,11,13-15H2,1-2H3,(H,25,30)/t19-,20-/m0/s1. The molecule has 3 heterocycles. The summed E-state index contributed by atoms with van der Waals surface area (Å²) in [6, 6.07) is 6.22. The van der Waals surface area contributed by atoms with Gasteiger partial charge in [0.1, 0.15) is 6.61 Å². The second-order valence-electron chi connectivity index (χ2n) is 8.57. The van der Waals surface area contributed by atoms with Gasteiger partial charge in [-0.3, -0.25) is 24.2 Å². The normalized spacial score (nSPS) is 21.2. The minimum absolute atomic E-state index is 0.0473. The molecule has 0 unspecified atom stereocenters. The average molecular weight is 427 g/mol. The van der Waals surface area contributed by atoms with Crippen LogP contribution in [0, 0.1) is 5.92 Å². The highest BCUT2D eigenvalue weighted by atomic mass is 16.5. The molecule has 0 aromatic carbocycles. The van der Waals surface area contributed by atoms with Crippen molar-refractivity contribution >= 4 is 17.5 Å². The van der Waals surface area contributed by atoms with Crippen LogP contribution in [0.5, 0.6) is 0 Å². The van der Waals surface area contributed by atoms with Gasteiger partial charge in [-0.2, -0.15) is 5.10 Å². The Morgan fingerprint density at radius 3 is 2.84 bits per heavy atom. The van der Waals surface area contributed by atoms with E-state index >= 15 is 0 Å². The van der Waals surface area contributed by atoms with Crippen LogP contribution >= 0.6 is 0 Å². The van der Waals surface area contributed by atoms with Crippen LogP contribution in [0.2, 0.25) is 0 Å². The molecule has 1 N–H and O–H groups in total. The number of amides is 2. The van der Waals surface area contributed by atoms with E-state index in [0.29, 0.717) is 13.2 Å². The summed E-state index contributed by atoms with van der Waals surface area (Å²) in [6.07, 6.45) is 8.21. The fourth-order valence-electron chi connectivity index (χ4n) is 3.82. The summed E-state index contributed by atoms with van der Waals surface area (Å²) in [4.78, 5) is 32.2. The van der Waals surface area contributed by atoms with E-state index in [2.05, 4.69) is 20.3 Å². The zero-order valence-corrected chi connectivity index (χ0v) is 18.1. The Kier molecular flexibility index (Phi) is 6.62. The minimum atomic E-state index is -0.0473. The highest BCUT2D eigenvalue weighted by Crippen LogP contribution is 2.31. The van der Waals surface area contributed by atoms with E-state index < -0.39 is 0 Å². The Hall–Kier alpha value is -2.78. The number of pyridine rings is 1. The maximum absolute atomic E-state index is 12.0. The van der Waals surface area contributed by atoms with Crippen LogP contribution in [0.25, 0.3) is 0 Å². The average Bonchev–Trinajstić information content (AvgIpc) is 3.40. The topological polar surface area (TPSA) is 92.6 Å². The van der Waals surface area contributed by atoms with Crippen molar-refractivity contribution in [2.24, 2.45) is 5.92 Å². The van der Waals surface area contributed by atoms with Gasteiger partial charge in [0, 0.05) is 51.5 Å². The Labute approximate surface area is 182 Å². The van der Waals surface area contributed by atoms with Crippen molar-refractivity contribution in [3.8, 4) is 0 Å². The van der Waals surface area contributed by atoms with Crippen molar-refractivity contribution in [3.05, 3.63) is 42.5 Å². The summed E-state index contributed by atoms with van der Waals surface area (Å²) >= 11 is 0. The SMILES string of the molecule is CN(C)C(=O)COC[C@@H]1C[C@H](n2cc(NC(=O)C3CC3)cn2)CN1Cc1ccccn1. The van der Waals surface area contributed by atoms with Gasteiger partial charge in [-0.15, -0.1) is 0 Å². The van der Waals surface area contributed by atoms with Crippen LogP contribution in [-0.2, 0) is 20.9 Å². The van der Waals surface area contributed by atoms with Crippen LogP contribution < -0.4 is 5.32 Å². The third kappa shape index (κ3) is 5.68. The Morgan fingerprint density at radius 2 is 2.13 bits per heavy atom. The van der Waals surface area contributed by atoms with Gasteiger partial charge in [-0.25, -0.2) is 0 Å². The maximum Gasteiger partial charge on any atom is 0.248 e. The van der Waals surface area contributed by atoms with Gasteiger partial charge < -0.3 is 15.0 Å². The second-order valence-corrected chi connectivity index (χ2v) is 8.57. The van der Waals surface area contributed by atoms with Crippen LogP contribution in [-0.4, -0.2) is 76.3 Å². The van der Waals surface area contributed by atoms with Gasteiger partial charge in [-0.05, 0) is 31.4 Å². The molecule has 2 fully saturated rings. The monoisotopic (exact) mass is 426 g/mol. The molecule has 1 saturated carbocycles. The number of nitrogens with zero attached hydrogens (tertiary/aromatic N) is 5. The van der Waals surface area contributed by atoms with Gasteiger partial charge in [0.25, 0.3) is 0 Å². The third-order valence-corrected chi connectivity index (χ3v) is 5.82. The fourth-order valence-corrected chi connectivity index (χ4v) is 3.82. The van der Waals surface area contributed by atoms with E-state index in [-0.39, 0.29) is 36.4 Å². The predicted octanol–water partition coefficient (Wildman–Crippen LogP) is 1.55. The molecule has 2 amide bonds. The first-order chi connectivity index (χ1) is 15.0. The first kappa shape index (κ1) is 21.5. The molecule has 1 aliphatic carbocycles. The molecule has 31 heavy (non-hydrogen) atoms. The van der Waals surface area contributed by atoms with Gasteiger partial charge in [0.15, 0.2) is 0 Å². The first-order valence-corrected chi connectivity index (χ1v) is 10.8. The van der Waals surface area contributed by atoms with Crippen LogP contribution in [0.1, 0.15) is 31.0 Å². The number of hydrogen-bond donors (Lipinski definition) is 1. The van der Waals surface area contributed by atoms with E-state index in [1.807, 2.05) is 29.1 Å². The summed E-state index contributed by atoms with van der Waals surface area (Å²) in [5.41, 5.74) is 1.74. The summed E-state index contributed by atoms with van der Waals surface area (Å²) < 4.78 is 7.67. The number of likely N-dealkylation sites (N-methyl/N-ethyl adjacent to an activating group) is 1. The molecule has 9 heteroatoms. The molecule has 1 saturated heterocycles. The molecule has 2 atom stereocenters. The number of rotatable bonds is 9. The zero-order chi connectivity index (χ0) is 21.8. The highest BCUT2D eigenvalue weighted by Gasteiger charge is 2.34. The van der Waals surface area contributed by atoms with E-state index in [1.165, 1.54) is 4.90 Å². The van der Waals surface area contributed by atoms with E-state index in [1.54, 1.807) is 26.5 Å². The third-order valence-electron chi connectivity index (χ3n) is 5.82. The lowest BCUT2D eigenvalue weighted by Crippen LogP contribution is -2.35. The lowest BCUT2D eigenvalue weighted by molar-refractivity contribution is -0.134. The van der Waals surface area contributed by atoms with Gasteiger partial charge >= 0.3 is 0 Å².